The first-order valence-electron chi connectivity index (χ1n) is 8.97. The van der Waals surface area contributed by atoms with Crippen molar-refractivity contribution in [1.29, 1.82) is 0 Å². The predicted octanol–water partition coefficient (Wildman–Crippen LogP) is 4.40. The summed E-state index contributed by atoms with van der Waals surface area (Å²) in [4.78, 5) is 25.1. The van der Waals surface area contributed by atoms with Crippen LogP contribution >= 0.6 is 11.3 Å². The van der Waals surface area contributed by atoms with Gasteiger partial charge < -0.3 is 10.1 Å². The van der Waals surface area contributed by atoms with Crippen molar-refractivity contribution in [2.75, 3.05) is 6.61 Å². The van der Waals surface area contributed by atoms with Crippen LogP contribution in [-0.2, 0) is 20.7 Å². The number of amides is 1. The maximum Gasteiger partial charge on any atom is 0.331 e. The molecule has 3 aromatic rings. The Kier molecular flexibility index (Phi) is 7.15. The van der Waals surface area contributed by atoms with Gasteiger partial charge in [-0.2, -0.15) is 0 Å². The molecule has 0 spiro atoms. The van der Waals surface area contributed by atoms with Crippen molar-refractivity contribution in [2.24, 2.45) is 0 Å². The van der Waals surface area contributed by atoms with E-state index in [-0.39, 0.29) is 18.6 Å². The highest BCUT2D eigenvalue weighted by Crippen LogP contribution is 2.18. The van der Waals surface area contributed by atoms with Crippen LogP contribution in [0.4, 0.5) is 0 Å². The molecule has 142 valence electrons. The second-order valence-electron chi connectivity index (χ2n) is 6.18. The van der Waals surface area contributed by atoms with Gasteiger partial charge in [0.2, 0.25) is 0 Å². The molecule has 0 saturated heterocycles. The number of rotatable bonds is 8. The highest BCUT2D eigenvalue weighted by molar-refractivity contribution is 7.10. The number of hydrogen-bond donors (Lipinski definition) is 1. The van der Waals surface area contributed by atoms with Crippen molar-refractivity contribution in [2.45, 2.75) is 12.5 Å². The Morgan fingerprint density at radius 3 is 2.36 bits per heavy atom. The summed E-state index contributed by atoms with van der Waals surface area (Å²) in [6.45, 7) is -0.314. The fourth-order valence-electron chi connectivity index (χ4n) is 2.74. The summed E-state index contributed by atoms with van der Waals surface area (Å²) in [6, 6.07) is 23.3. The monoisotopic (exact) mass is 391 g/mol. The van der Waals surface area contributed by atoms with Gasteiger partial charge in [-0.3, -0.25) is 4.79 Å². The average molecular weight is 391 g/mol. The number of carbonyl (C=O) groups excluding carboxylic acids is 2. The smallest absolute Gasteiger partial charge is 0.331 e. The van der Waals surface area contributed by atoms with E-state index < -0.39 is 5.97 Å². The van der Waals surface area contributed by atoms with Gasteiger partial charge in [-0.25, -0.2) is 4.79 Å². The van der Waals surface area contributed by atoms with E-state index >= 15 is 0 Å². The van der Waals surface area contributed by atoms with Crippen LogP contribution in [0.5, 0.6) is 0 Å². The molecule has 1 amide bonds. The largest absolute Gasteiger partial charge is 0.452 e. The number of ether oxygens (including phenoxy) is 1. The van der Waals surface area contributed by atoms with Crippen molar-refractivity contribution in [1.82, 2.24) is 5.32 Å². The predicted molar refractivity (Wildman–Crippen MR) is 112 cm³/mol. The summed E-state index contributed by atoms with van der Waals surface area (Å²) in [5.41, 5.74) is 2.12. The van der Waals surface area contributed by atoms with Gasteiger partial charge in [-0.15, -0.1) is 11.3 Å². The molecular formula is C23H21NO3S. The van der Waals surface area contributed by atoms with Crippen molar-refractivity contribution >= 4 is 29.3 Å². The fourth-order valence-corrected chi connectivity index (χ4v) is 3.36. The first kappa shape index (κ1) is 19.6. The summed E-state index contributed by atoms with van der Waals surface area (Å²) in [6.07, 6.45) is 3.66. The van der Waals surface area contributed by atoms with Crippen molar-refractivity contribution in [3.8, 4) is 0 Å². The molecule has 1 atom stereocenters. The molecule has 1 heterocycles. The number of benzene rings is 2. The fraction of sp³-hybridized carbons (Fsp3) is 0.130. The Labute approximate surface area is 168 Å². The minimum absolute atomic E-state index is 0.198. The summed E-state index contributed by atoms with van der Waals surface area (Å²) >= 11 is 1.52. The first-order chi connectivity index (χ1) is 13.7. The Morgan fingerprint density at radius 1 is 0.964 bits per heavy atom. The van der Waals surface area contributed by atoms with Crippen LogP contribution in [0, 0.1) is 0 Å². The third kappa shape index (κ3) is 6.21. The van der Waals surface area contributed by atoms with E-state index in [9.17, 15) is 9.59 Å². The lowest BCUT2D eigenvalue weighted by Gasteiger charge is -2.19. The van der Waals surface area contributed by atoms with E-state index in [2.05, 4.69) is 5.32 Å². The van der Waals surface area contributed by atoms with Crippen molar-refractivity contribution in [3.05, 3.63) is 100 Å². The number of thiophene rings is 1. The molecule has 3 rings (SSSR count). The molecule has 5 heteroatoms. The van der Waals surface area contributed by atoms with Gasteiger partial charge >= 0.3 is 5.97 Å². The van der Waals surface area contributed by atoms with Crippen LogP contribution < -0.4 is 5.32 Å². The molecule has 0 aliphatic heterocycles. The SMILES string of the molecule is O=C(COC(=O)/C=C/c1cccs1)N[C@@H](Cc1ccccc1)c1ccccc1. The molecule has 0 aliphatic carbocycles. The summed E-state index contributed by atoms with van der Waals surface area (Å²) in [5, 5.41) is 4.89. The zero-order chi connectivity index (χ0) is 19.6. The van der Waals surface area contributed by atoms with Crippen LogP contribution in [-0.4, -0.2) is 18.5 Å². The maximum absolute atomic E-state index is 12.3. The van der Waals surface area contributed by atoms with Gasteiger partial charge in [0.25, 0.3) is 5.91 Å². The zero-order valence-electron chi connectivity index (χ0n) is 15.3. The lowest BCUT2D eigenvalue weighted by Crippen LogP contribution is -2.33. The second kappa shape index (κ2) is 10.2. The number of carbonyl (C=O) groups is 2. The van der Waals surface area contributed by atoms with Crippen molar-refractivity contribution < 1.29 is 14.3 Å². The van der Waals surface area contributed by atoms with Gasteiger partial charge in [0.1, 0.15) is 0 Å². The minimum atomic E-state index is -0.539. The normalized spacial score (nSPS) is 11.9. The highest BCUT2D eigenvalue weighted by Gasteiger charge is 2.16. The molecule has 0 bridgehead atoms. The quantitative estimate of drug-likeness (QED) is 0.457. The first-order valence-corrected chi connectivity index (χ1v) is 9.85. The van der Waals surface area contributed by atoms with Crippen LogP contribution in [0.3, 0.4) is 0 Å². The molecule has 0 radical (unpaired) electrons. The topological polar surface area (TPSA) is 55.4 Å². The summed E-state index contributed by atoms with van der Waals surface area (Å²) in [5.74, 6) is -0.870. The van der Waals surface area contributed by atoms with Crippen LogP contribution in [0.1, 0.15) is 22.0 Å². The Bertz CT molecular complexity index is 906. The molecule has 1 N–H and O–H groups in total. The van der Waals surface area contributed by atoms with Gasteiger partial charge in [0.15, 0.2) is 6.61 Å². The highest BCUT2D eigenvalue weighted by atomic mass is 32.1. The summed E-state index contributed by atoms with van der Waals surface area (Å²) < 4.78 is 5.06. The molecule has 28 heavy (non-hydrogen) atoms. The molecule has 0 fully saturated rings. The van der Waals surface area contributed by atoms with E-state index in [1.807, 2.05) is 78.2 Å². The molecule has 2 aromatic carbocycles. The average Bonchev–Trinajstić information content (AvgIpc) is 3.25. The third-order valence-corrected chi connectivity index (χ3v) is 4.93. The van der Waals surface area contributed by atoms with Crippen molar-refractivity contribution in [3.63, 3.8) is 0 Å². The van der Waals surface area contributed by atoms with E-state index in [4.69, 9.17) is 4.74 Å². The Hall–Kier alpha value is -3.18. The molecule has 4 nitrogen and oxygen atoms in total. The van der Waals surface area contributed by atoms with Crippen LogP contribution in [0.25, 0.3) is 6.08 Å². The molecule has 0 aliphatic rings. The van der Waals surface area contributed by atoms with Gasteiger partial charge in [-0.1, -0.05) is 66.7 Å². The van der Waals surface area contributed by atoms with Crippen LogP contribution in [0.2, 0.25) is 0 Å². The number of nitrogens with one attached hydrogen (secondary N) is 1. The van der Waals surface area contributed by atoms with Gasteiger partial charge in [0, 0.05) is 11.0 Å². The Morgan fingerprint density at radius 2 is 1.68 bits per heavy atom. The van der Waals surface area contributed by atoms with E-state index in [0.29, 0.717) is 6.42 Å². The lowest BCUT2D eigenvalue weighted by atomic mass is 9.99. The van der Waals surface area contributed by atoms with Gasteiger partial charge in [0.05, 0.1) is 6.04 Å². The standard InChI is InChI=1S/C23H21NO3S/c25-22(17-27-23(26)14-13-20-12-7-15-28-20)24-21(19-10-5-2-6-11-19)16-18-8-3-1-4-9-18/h1-15,21H,16-17H2,(H,24,25)/b14-13+/t21-/m0/s1. The number of hydrogen-bond acceptors (Lipinski definition) is 4. The molecule has 0 saturated carbocycles. The maximum atomic E-state index is 12.3. The van der Waals surface area contributed by atoms with Gasteiger partial charge in [-0.05, 0) is 35.1 Å². The molecule has 0 unspecified atom stereocenters. The zero-order valence-corrected chi connectivity index (χ0v) is 16.1. The lowest BCUT2D eigenvalue weighted by molar-refractivity contribution is -0.144. The van der Waals surface area contributed by atoms with Crippen LogP contribution in [0.15, 0.2) is 84.3 Å². The van der Waals surface area contributed by atoms with E-state index in [0.717, 1.165) is 16.0 Å². The second-order valence-corrected chi connectivity index (χ2v) is 7.16. The van der Waals surface area contributed by atoms with E-state index in [1.54, 1.807) is 6.08 Å². The Balaban J connectivity index is 1.57. The third-order valence-electron chi connectivity index (χ3n) is 4.09. The number of esters is 1. The molecule has 1 aromatic heterocycles. The van der Waals surface area contributed by atoms with E-state index in [1.165, 1.54) is 17.4 Å². The summed E-state index contributed by atoms with van der Waals surface area (Å²) in [7, 11) is 0. The minimum Gasteiger partial charge on any atom is -0.452 e. The molecular weight excluding hydrogens is 370 g/mol.